The van der Waals surface area contributed by atoms with Gasteiger partial charge in [-0.2, -0.15) is 4.98 Å². The SMILES string of the molecule is CC[C@@H]1C(=O)N(C)c2cnc(Nc3ccc(-c4cn([C@H]5CC[C@@H](N(CCO)CCOCCC#Cc6cccc7c6CN(C6CCC(=O)NC6=O)C7=O)CC5)nn4)cc3OC)nc2N1C1CCCC1. The van der Waals surface area contributed by atoms with Crippen molar-refractivity contribution in [1.82, 2.24) is 40.1 Å². The van der Waals surface area contributed by atoms with Crippen LogP contribution in [0.3, 0.4) is 0 Å². The van der Waals surface area contributed by atoms with Crippen LogP contribution in [-0.4, -0.2) is 135 Å². The number of rotatable bonds is 16. The van der Waals surface area contributed by atoms with Crippen molar-refractivity contribution in [2.45, 2.75) is 121 Å². The van der Waals surface area contributed by atoms with Crippen LogP contribution in [0.5, 0.6) is 5.75 Å². The van der Waals surface area contributed by atoms with Crippen LogP contribution in [-0.2, 0) is 25.7 Å². The summed E-state index contributed by atoms with van der Waals surface area (Å²) in [7, 11) is 3.44. The lowest BCUT2D eigenvalue weighted by atomic mass is 9.90. The number of nitrogens with one attached hydrogen (secondary N) is 2. The average molecular weight is 928 g/mol. The van der Waals surface area contributed by atoms with Crippen LogP contribution < -0.4 is 25.2 Å². The molecule has 2 atom stereocenters. The Morgan fingerprint density at radius 2 is 1.81 bits per heavy atom. The monoisotopic (exact) mass is 927 g/mol. The fourth-order valence-corrected chi connectivity index (χ4v) is 10.7. The molecule has 18 heteroatoms. The van der Waals surface area contributed by atoms with Crippen molar-refractivity contribution < 1.29 is 33.8 Å². The van der Waals surface area contributed by atoms with E-state index >= 15 is 0 Å². The minimum absolute atomic E-state index is 0.0684. The topological polar surface area (TPSA) is 200 Å². The van der Waals surface area contributed by atoms with E-state index in [4.69, 9.17) is 14.5 Å². The Bertz CT molecular complexity index is 2580. The Morgan fingerprint density at radius 1 is 0.985 bits per heavy atom. The summed E-state index contributed by atoms with van der Waals surface area (Å²) >= 11 is 0. The average Bonchev–Trinajstić information content (AvgIpc) is 4.14. The molecule has 5 heterocycles. The highest BCUT2D eigenvalue weighted by Crippen LogP contribution is 2.41. The number of anilines is 4. The molecule has 4 amide bonds. The molecule has 0 spiro atoms. The Balaban J connectivity index is 0.754. The summed E-state index contributed by atoms with van der Waals surface area (Å²) in [6, 6.07) is 11.2. The van der Waals surface area contributed by atoms with Crippen molar-refractivity contribution in [3.05, 3.63) is 65.5 Å². The maximum Gasteiger partial charge on any atom is 0.255 e. The number of hydrogen-bond acceptors (Lipinski definition) is 14. The number of hydrogen-bond donors (Lipinski definition) is 3. The molecule has 2 aromatic carbocycles. The van der Waals surface area contributed by atoms with Gasteiger partial charge in [-0.25, -0.2) is 9.67 Å². The molecule has 4 aromatic rings. The molecule has 358 valence electrons. The van der Waals surface area contributed by atoms with Crippen molar-refractivity contribution in [2.75, 3.05) is 62.2 Å². The largest absolute Gasteiger partial charge is 0.495 e. The molecule has 1 unspecified atom stereocenters. The van der Waals surface area contributed by atoms with E-state index in [0.717, 1.165) is 85.3 Å². The Hall–Kier alpha value is -6.42. The summed E-state index contributed by atoms with van der Waals surface area (Å²) in [5.74, 6) is 7.34. The van der Waals surface area contributed by atoms with Crippen LogP contribution in [0.25, 0.3) is 11.3 Å². The Labute approximate surface area is 396 Å². The van der Waals surface area contributed by atoms with Gasteiger partial charge in [-0.15, -0.1) is 5.10 Å². The number of amides is 4. The lowest BCUT2D eigenvalue weighted by Gasteiger charge is -2.43. The zero-order chi connectivity index (χ0) is 47.3. The van der Waals surface area contributed by atoms with E-state index in [0.29, 0.717) is 74.6 Å². The number of carbonyl (C=O) groups is 4. The number of piperidine rings is 1. The lowest BCUT2D eigenvalue weighted by molar-refractivity contribution is -0.137. The fourth-order valence-electron chi connectivity index (χ4n) is 10.7. The van der Waals surface area contributed by atoms with Gasteiger partial charge >= 0.3 is 0 Å². The van der Waals surface area contributed by atoms with Crippen LogP contribution in [0.2, 0.25) is 0 Å². The van der Waals surface area contributed by atoms with Crippen LogP contribution in [0, 0.1) is 11.8 Å². The second kappa shape index (κ2) is 20.8. The van der Waals surface area contributed by atoms with Gasteiger partial charge in [0.05, 0.1) is 51.1 Å². The number of aromatic nitrogens is 5. The second-order valence-corrected chi connectivity index (χ2v) is 18.3. The summed E-state index contributed by atoms with van der Waals surface area (Å²) in [6.07, 6.45) is 13.7. The zero-order valence-corrected chi connectivity index (χ0v) is 39.2. The maximum atomic E-state index is 13.4. The molecule has 2 aromatic heterocycles. The van der Waals surface area contributed by atoms with Crippen molar-refractivity contribution in [1.29, 1.82) is 0 Å². The molecule has 0 bridgehead atoms. The van der Waals surface area contributed by atoms with Crippen molar-refractivity contribution in [3.8, 4) is 28.8 Å². The quantitative estimate of drug-likeness (QED) is 0.0772. The first-order valence-electron chi connectivity index (χ1n) is 24.1. The van der Waals surface area contributed by atoms with Gasteiger partial charge in [0, 0.05) is 68.3 Å². The highest BCUT2D eigenvalue weighted by atomic mass is 16.5. The fraction of sp³-hybridized carbons (Fsp3) is 0.520. The van der Waals surface area contributed by atoms with Gasteiger partial charge in [-0.1, -0.05) is 49.0 Å². The number of aliphatic hydroxyl groups excluding tert-OH is 1. The third-order valence-electron chi connectivity index (χ3n) is 14.3. The molecule has 2 aliphatic carbocycles. The van der Waals surface area contributed by atoms with E-state index < -0.39 is 11.9 Å². The summed E-state index contributed by atoms with van der Waals surface area (Å²) < 4.78 is 13.8. The predicted molar refractivity (Wildman–Crippen MR) is 254 cm³/mol. The number of methoxy groups -OCH3 is 1. The summed E-state index contributed by atoms with van der Waals surface area (Å²) in [5, 5.41) is 24.8. The van der Waals surface area contributed by atoms with Crippen molar-refractivity contribution >= 4 is 46.8 Å². The summed E-state index contributed by atoms with van der Waals surface area (Å²) in [5.41, 5.74) is 5.15. The van der Waals surface area contributed by atoms with Gasteiger partial charge in [0.15, 0.2) is 5.82 Å². The third-order valence-corrected chi connectivity index (χ3v) is 14.3. The van der Waals surface area contributed by atoms with Crippen LogP contribution in [0.15, 0.2) is 48.8 Å². The number of fused-ring (bicyclic) bond motifs is 2. The number of benzene rings is 2. The molecule has 1 saturated heterocycles. The van der Waals surface area contributed by atoms with Gasteiger partial charge in [-0.05, 0) is 81.2 Å². The summed E-state index contributed by atoms with van der Waals surface area (Å²) in [6.45, 7) is 4.64. The number of aliphatic hydroxyl groups is 1. The molecular formula is C50H61N11O7. The first kappa shape index (κ1) is 46.7. The van der Waals surface area contributed by atoms with Crippen LogP contribution in [0.1, 0.15) is 112 Å². The number of carbonyl (C=O) groups excluding carboxylic acids is 4. The molecule has 68 heavy (non-hydrogen) atoms. The minimum Gasteiger partial charge on any atom is -0.495 e. The summed E-state index contributed by atoms with van der Waals surface area (Å²) in [4.78, 5) is 68.0. The molecule has 18 nitrogen and oxygen atoms in total. The molecule has 9 rings (SSSR count). The van der Waals surface area contributed by atoms with Gasteiger partial charge < -0.3 is 34.6 Å². The zero-order valence-electron chi connectivity index (χ0n) is 39.2. The number of ether oxygens (including phenoxy) is 2. The molecule has 3 fully saturated rings. The standard InChI is InChI=1S/C50H61N11O7/c1-4-41-49(66)57(2)43-29-51-50(54-46(43)61(41)36-12-5-6-13-36)52-39-20-15-33(28-44(39)67-3)40-31-60(56-55-40)35-18-16-34(17-19-35)58(23-25-62)24-27-68-26-8-7-10-32-11-9-14-37-38(32)30-59(48(37)65)42-21-22-45(63)53-47(42)64/h9,11,14-15,20,28-29,31,34-36,41-42,62H,4-6,8,12-13,16-19,21-27,30H2,1-3H3,(H,51,52,54)(H,53,63,64)/t34-,35+,41-,42?/m1/s1. The van der Waals surface area contributed by atoms with Crippen LogP contribution >= 0.6 is 0 Å². The van der Waals surface area contributed by atoms with E-state index in [-0.39, 0.29) is 55.4 Å². The molecule has 3 aliphatic heterocycles. The highest BCUT2D eigenvalue weighted by Gasteiger charge is 2.42. The van der Waals surface area contributed by atoms with Crippen LogP contribution in [0.4, 0.5) is 23.1 Å². The normalized spacial score (nSPS) is 21.8. The molecular weight excluding hydrogens is 867 g/mol. The number of likely N-dealkylation sites (N-methyl/N-ethyl adjacent to an activating group) is 1. The van der Waals surface area contributed by atoms with Crippen molar-refractivity contribution in [2.24, 2.45) is 0 Å². The predicted octanol–water partition coefficient (Wildman–Crippen LogP) is 4.99. The van der Waals surface area contributed by atoms with Gasteiger partial charge in [0.2, 0.25) is 23.7 Å². The van der Waals surface area contributed by atoms with Gasteiger partial charge in [0.1, 0.15) is 29.2 Å². The lowest BCUT2D eigenvalue weighted by Crippen LogP contribution is -2.55. The third kappa shape index (κ3) is 9.65. The molecule has 2 saturated carbocycles. The van der Waals surface area contributed by atoms with E-state index in [2.05, 4.69) is 54.5 Å². The number of nitrogens with zero attached hydrogens (tertiary/aromatic N) is 9. The van der Waals surface area contributed by atoms with E-state index in [9.17, 15) is 24.3 Å². The molecule has 3 N–H and O–H groups in total. The highest BCUT2D eigenvalue weighted by molar-refractivity contribution is 6.06. The Morgan fingerprint density at radius 3 is 2.57 bits per heavy atom. The second-order valence-electron chi connectivity index (χ2n) is 18.3. The number of imide groups is 1. The maximum absolute atomic E-state index is 13.4. The first-order chi connectivity index (χ1) is 33.1. The molecule has 0 radical (unpaired) electrons. The van der Waals surface area contributed by atoms with Gasteiger partial charge in [0.25, 0.3) is 5.91 Å². The Kier molecular flexibility index (Phi) is 14.3. The van der Waals surface area contributed by atoms with Gasteiger partial charge in [-0.3, -0.25) is 29.4 Å². The smallest absolute Gasteiger partial charge is 0.255 e. The minimum atomic E-state index is -0.666. The first-order valence-corrected chi connectivity index (χ1v) is 24.1. The van der Waals surface area contributed by atoms with Crippen molar-refractivity contribution in [3.63, 3.8) is 0 Å². The van der Waals surface area contributed by atoms with E-state index in [1.54, 1.807) is 37.4 Å². The van der Waals surface area contributed by atoms with E-state index in [1.165, 1.54) is 4.90 Å². The molecule has 5 aliphatic rings. The van der Waals surface area contributed by atoms with E-state index in [1.807, 2.05) is 35.1 Å².